The van der Waals surface area contributed by atoms with Crippen LogP contribution in [-0.4, -0.2) is 19.8 Å². The summed E-state index contributed by atoms with van der Waals surface area (Å²) < 4.78 is 5.77. The van der Waals surface area contributed by atoms with Gasteiger partial charge in [-0.15, -0.1) is 0 Å². The Morgan fingerprint density at radius 2 is 2.06 bits per heavy atom. The highest BCUT2D eigenvalue weighted by molar-refractivity contribution is 5.25. The Bertz CT molecular complexity index is 325. The summed E-state index contributed by atoms with van der Waals surface area (Å²) in [6.07, 6.45) is 3.49. The molecule has 0 aliphatic heterocycles. The summed E-state index contributed by atoms with van der Waals surface area (Å²) in [5.41, 5.74) is 2.64. The van der Waals surface area contributed by atoms with Gasteiger partial charge in [0.15, 0.2) is 0 Å². The lowest BCUT2D eigenvalue weighted by Gasteiger charge is -2.19. The smallest absolute Gasteiger partial charge is 0.0661 e. The molecule has 0 fully saturated rings. The van der Waals surface area contributed by atoms with Crippen molar-refractivity contribution in [3.63, 3.8) is 0 Å². The normalized spacial score (nSPS) is 12.6. The van der Waals surface area contributed by atoms with Crippen LogP contribution in [0.2, 0.25) is 0 Å². The first-order valence-electron chi connectivity index (χ1n) is 7.15. The zero-order valence-electron chi connectivity index (χ0n) is 12.0. The number of hydrogen-bond donors (Lipinski definition) is 1. The molecule has 0 amide bonds. The van der Waals surface area contributed by atoms with Gasteiger partial charge in [-0.25, -0.2) is 0 Å². The molecule has 18 heavy (non-hydrogen) atoms. The Labute approximate surface area is 112 Å². The number of hydrogen-bond acceptors (Lipinski definition) is 2. The van der Waals surface area contributed by atoms with Gasteiger partial charge in [0.05, 0.1) is 12.6 Å². The van der Waals surface area contributed by atoms with E-state index in [0.29, 0.717) is 6.04 Å². The maximum absolute atomic E-state index is 5.77. The first-order chi connectivity index (χ1) is 8.77. The second-order valence-electron chi connectivity index (χ2n) is 4.85. The number of unbranched alkanes of at least 4 members (excludes halogenated alkanes) is 1. The van der Waals surface area contributed by atoms with E-state index in [2.05, 4.69) is 50.4 Å². The first kappa shape index (κ1) is 15.2. The van der Waals surface area contributed by atoms with Crippen molar-refractivity contribution in [3.8, 4) is 0 Å². The second kappa shape index (κ2) is 9.12. The Balaban J connectivity index is 2.54. The van der Waals surface area contributed by atoms with E-state index in [9.17, 15) is 0 Å². The Hall–Kier alpha value is -0.860. The van der Waals surface area contributed by atoms with Crippen molar-refractivity contribution >= 4 is 0 Å². The largest absolute Gasteiger partial charge is 0.379 e. The summed E-state index contributed by atoms with van der Waals surface area (Å²) in [5, 5.41) is 3.56. The molecule has 0 bridgehead atoms. The van der Waals surface area contributed by atoms with Gasteiger partial charge in [-0.1, -0.05) is 50.1 Å². The molecular weight excluding hydrogens is 222 g/mol. The highest BCUT2D eigenvalue weighted by atomic mass is 16.5. The van der Waals surface area contributed by atoms with Crippen LogP contribution in [-0.2, 0) is 4.74 Å². The van der Waals surface area contributed by atoms with Crippen molar-refractivity contribution in [2.24, 2.45) is 0 Å². The number of nitrogens with one attached hydrogen (secondary N) is 1. The third-order valence-corrected chi connectivity index (χ3v) is 3.01. The van der Waals surface area contributed by atoms with Crippen LogP contribution in [0.3, 0.4) is 0 Å². The summed E-state index contributed by atoms with van der Waals surface area (Å²) in [7, 11) is 0. The molecule has 0 aromatic heterocycles. The Morgan fingerprint density at radius 1 is 1.22 bits per heavy atom. The highest BCUT2D eigenvalue weighted by Crippen LogP contribution is 2.15. The first-order valence-corrected chi connectivity index (χ1v) is 7.15. The lowest BCUT2D eigenvalue weighted by molar-refractivity contribution is 0.109. The van der Waals surface area contributed by atoms with E-state index in [-0.39, 0.29) is 0 Å². The summed E-state index contributed by atoms with van der Waals surface area (Å²) >= 11 is 0. The van der Waals surface area contributed by atoms with E-state index in [4.69, 9.17) is 4.74 Å². The zero-order valence-corrected chi connectivity index (χ0v) is 12.0. The van der Waals surface area contributed by atoms with Crippen molar-refractivity contribution < 1.29 is 4.74 Å². The molecule has 102 valence electrons. The van der Waals surface area contributed by atoms with E-state index < -0.39 is 0 Å². The maximum atomic E-state index is 5.77. The third kappa shape index (κ3) is 5.65. The summed E-state index contributed by atoms with van der Waals surface area (Å²) in [6.45, 7) is 9.19. The molecule has 1 atom stereocenters. The minimum atomic E-state index is 0.321. The zero-order chi connectivity index (χ0) is 13.2. The quantitative estimate of drug-likeness (QED) is 0.671. The van der Waals surface area contributed by atoms with Crippen molar-refractivity contribution in [2.45, 2.75) is 46.1 Å². The lowest BCUT2D eigenvalue weighted by atomic mass is 10.0. The second-order valence-corrected chi connectivity index (χ2v) is 4.85. The van der Waals surface area contributed by atoms with E-state index in [1.807, 2.05) is 0 Å². The molecule has 0 saturated heterocycles. The molecule has 1 rings (SSSR count). The van der Waals surface area contributed by atoms with Crippen molar-refractivity contribution in [3.05, 3.63) is 35.4 Å². The highest BCUT2D eigenvalue weighted by Gasteiger charge is 2.10. The van der Waals surface area contributed by atoms with Gasteiger partial charge >= 0.3 is 0 Å². The molecule has 1 aromatic carbocycles. The number of ether oxygens (including phenoxy) is 1. The molecule has 0 aliphatic rings. The summed E-state index contributed by atoms with van der Waals surface area (Å²) in [6, 6.07) is 9.01. The average molecular weight is 249 g/mol. The molecule has 2 nitrogen and oxygen atoms in total. The Kier molecular flexibility index (Phi) is 7.70. The topological polar surface area (TPSA) is 21.3 Å². The molecule has 0 saturated carbocycles. The van der Waals surface area contributed by atoms with Gasteiger partial charge in [-0.2, -0.15) is 0 Å². The van der Waals surface area contributed by atoms with Gasteiger partial charge in [-0.05, 0) is 31.9 Å². The van der Waals surface area contributed by atoms with Gasteiger partial charge in [0.1, 0.15) is 0 Å². The fraction of sp³-hybridized carbons (Fsp3) is 0.625. The van der Waals surface area contributed by atoms with Gasteiger partial charge in [0.25, 0.3) is 0 Å². The van der Waals surface area contributed by atoms with Crippen LogP contribution >= 0.6 is 0 Å². The van der Waals surface area contributed by atoms with Crippen molar-refractivity contribution in [1.29, 1.82) is 0 Å². The van der Waals surface area contributed by atoms with E-state index in [0.717, 1.165) is 32.6 Å². The third-order valence-electron chi connectivity index (χ3n) is 3.01. The average Bonchev–Trinajstić information content (AvgIpc) is 2.38. The van der Waals surface area contributed by atoms with Crippen LogP contribution in [0.25, 0.3) is 0 Å². The molecular formula is C16H27NO. The predicted molar refractivity (Wildman–Crippen MR) is 77.9 cm³/mol. The summed E-state index contributed by atoms with van der Waals surface area (Å²) in [5.74, 6) is 0. The molecule has 0 radical (unpaired) electrons. The molecule has 2 heteroatoms. The SMILES string of the molecule is CCCCOCC(NCCC)c1cccc(C)c1. The van der Waals surface area contributed by atoms with Gasteiger partial charge in [0, 0.05) is 6.61 Å². The van der Waals surface area contributed by atoms with Gasteiger partial charge in [-0.3, -0.25) is 0 Å². The fourth-order valence-electron chi connectivity index (χ4n) is 1.93. The fourth-order valence-corrected chi connectivity index (χ4v) is 1.93. The summed E-state index contributed by atoms with van der Waals surface area (Å²) in [4.78, 5) is 0. The molecule has 0 aliphatic carbocycles. The van der Waals surface area contributed by atoms with Crippen LogP contribution in [0, 0.1) is 6.92 Å². The Morgan fingerprint density at radius 3 is 2.72 bits per heavy atom. The lowest BCUT2D eigenvalue weighted by Crippen LogP contribution is -2.26. The van der Waals surface area contributed by atoms with Crippen LogP contribution in [0.1, 0.15) is 50.3 Å². The van der Waals surface area contributed by atoms with E-state index >= 15 is 0 Å². The van der Waals surface area contributed by atoms with E-state index in [1.54, 1.807) is 0 Å². The van der Waals surface area contributed by atoms with Gasteiger partial charge in [0.2, 0.25) is 0 Å². The van der Waals surface area contributed by atoms with Crippen LogP contribution in [0.5, 0.6) is 0 Å². The van der Waals surface area contributed by atoms with E-state index in [1.165, 1.54) is 17.5 Å². The van der Waals surface area contributed by atoms with Crippen molar-refractivity contribution in [2.75, 3.05) is 19.8 Å². The minimum Gasteiger partial charge on any atom is -0.379 e. The predicted octanol–water partition coefficient (Wildman–Crippen LogP) is 3.85. The van der Waals surface area contributed by atoms with Crippen LogP contribution in [0.15, 0.2) is 24.3 Å². The van der Waals surface area contributed by atoms with Gasteiger partial charge < -0.3 is 10.1 Å². The van der Waals surface area contributed by atoms with Crippen LogP contribution < -0.4 is 5.32 Å². The molecule has 1 unspecified atom stereocenters. The molecule has 0 heterocycles. The van der Waals surface area contributed by atoms with Crippen LogP contribution in [0.4, 0.5) is 0 Å². The molecule has 0 spiro atoms. The number of aryl methyl sites for hydroxylation is 1. The molecule has 1 N–H and O–H groups in total. The number of benzene rings is 1. The molecule has 1 aromatic rings. The minimum absolute atomic E-state index is 0.321. The standard InChI is InChI=1S/C16H27NO/c1-4-6-11-18-13-16(17-10-5-2)15-9-7-8-14(3)12-15/h7-9,12,16-17H,4-6,10-11,13H2,1-3H3. The van der Waals surface area contributed by atoms with Crippen molar-refractivity contribution in [1.82, 2.24) is 5.32 Å². The number of rotatable bonds is 9. The monoisotopic (exact) mass is 249 g/mol. The maximum Gasteiger partial charge on any atom is 0.0661 e.